The van der Waals surface area contributed by atoms with Crippen LogP contribution >= 0.6 is 0 Å². The van der Waals surface area contributed by atoms with Crippen molar-refractivity contribution in [2.75, 3.05) is 6.54 Å². The molecule has 0 saturated heterocycles. The number of carbonyl (C=O) groups is 1. The lowest BCUT2D eigenvalue weighted by molar-refractivity contribution is 0.0695. The average Bonchev–Trinajstić information content (AvgIpc) is 2.26. The number of hydrogen-bond acceptors (Lipinski definition) is 4. The van der Waals surface area contributed by atoms with Gasteiger partial charge in [-0.2, -0.15) is 0 Å². The first-order chi connectivity index (χ1) is 8.25. The van der Waals surface area contributed by atoms with E-state index < -0.39 is 22.1 Å². The second kappa shape index (κ2) is 5.47. The molecule has 1 atom stereocenters. The Morgan fingerprint density at radius 1 is 1.44 bits per heavy atom. The lowest BCUT2D eigenvalue weighted by atomic mass is 10.1. The van der Waals surface area contributed by atoms with Crippen molar-refractivity contribution >= 4 is 16.0 Å². The van der Waals surface area contributed by atoms with Gasteiger partial charge in [-0.15, -0.1) is 0 Å². The Balaban J connectivity index is 3.17. The Kier molecular flexibility index (Phi) is 4.44. The average molecular weight is 273 g/mol. The molecule has 0 unspecified atom stereocenters. The number of rotatable bonds is 5. The maximum absolute atomic E-state index is 11.9. The highest BCUT2D eigenvalue weighted by Crippen LogP contribution is 2.18. The van der Waals surface area contributed by atoms with Crippen molar-refractivity contribution in [2.24, 2.45) is 0 Å². The second-order valence-electron chi connectivity index (χ2n) is 3.93. The molecule has 1 rings (SSSR count). The van der Waals surface area contributed by atoms with Crippen LogP contribution in [0, 0.1) is 6.92 Å². The molecule has 1 aromatic rings. The predicted octanol–water partition coefficient (Wildman–Crippen LogP) is 0.352. The van der Waals surface area contributed by atoms with Crippen molar-refractivity contribution < 1.29 is 23.4 Å². The first kappa shape index (κ1) is 14.6. The van der Waals surface area contributed by atoms with E-state index >= 15 is 0 Å². The second-order valence-corrected chi connectivity index (χ2v) is 5.67. The molecular formula is C11H15NO5S. The zero-order chi connectivity index (χ0) is 13.9. The van der Waals surface area contributed by atoms with Gasteiger partial charge in [-0.25, -0.2) is 17.9 Å². The van der Waals surface area contributed by atoms with Gasteiger partial charge in [0, 0.05) is 6.54 Å². The van der Waals surface area contributed by atoms with Crippen molar-refractivity contribution in [3.05, 3.63) is 29.3 Å². The van der Waals surface area contributed by atoms with Gasteiger partial charge in [0.1, 0.15) is 0 Å². The third kappa shape index (κ3) is 3.28. The van der Waals surface area contributed by atoms with Crippen LogP contribution in [0.1, 0.15) is 22.8 Å². The molecule has 0 radical (unpaired) electrons. The zero-order valence-electron chi connectivity index (χ0n) is 10.0. The summed E-state index contributed by atoms with van der Waals surface area (Å²) in [6.07, 6.45) is -0.817. The maximum atomic E-state index is 11.9. The van der Waals surface area contributed by atoms with Gasteiger partial charge >= 0.3 is 5.97 Å². The molecule has 3 N–H and O–H groups in total. The number of aromatic carboxylic acids is 1. The molecular weight excluding hydrogens is 258 g/mol. The predicted molar refractivity (Wildman–Crippen MR) is 65.0 cm³/mol. The molecule has 100 valence electrons. The minimum atomic E-state index is -3.82. The van der Waals surface area contributed by atoms with Gasteiger partial charge in [0.05, 0.1) is 16.6 Å². The molecule has 0 saturated carbocycles. The number of carboxylic acid groups (broad SMARTS) is 1. The van der Waals surface area contributed by atoms with Gasteiger partial charge in [-0.05, 0) is 31.5 Å². The lowest BCUT2D eigenvalue weighted by Gasteiger charge is -2.11. The van der Waals surface area contributed by atoms with E-state index in [0.717, 1.165) is 0 Å². The summed E-state index contributed by atoms with van der Waals surface area (Å²) in [5.74, 6) is -1.18. The highest BCUT2D eigenvalue weighted by atomic mass is 32.2. The highest BCUT2D eigenvalue weighted by Gasteiger charge is 2.20. The molecule has 1 aromatic carbocycles. The van der Waals surface area contributed by atoms with Crippen molar-refractivity contribution in [3.8, 4) is 0 Å². The number of sulfonamides is 1. The summed E-state index contributed by atoms with van der Waals surface area (Å²) in [6, 6.07) is 4.03. The first-order valence-electron chi connectivity index (χ1n) is 5.26. The van der Waals surface area contributed by atoms with Crippen LogP contribution in [-0.4, -0.2) is 37.2 Å². The third-order valence-electron chi connectivity index (χ3n) is 2.37. The number of aliphatic hydroxyl groups excluding tert-OH is 1. The number of hydrogen-bond donors (Lipinski definition) is 3. The minimum Gasteiger partial charge on any atom is -0.478 e. The van der Waals surface area contributed by atoms with E-state index in [4.69, 9.17) is 10.2 Å². The van der Waals surface area contributed by atoms with Gasteiger partial charge in [0.25, 0.3) is 0 Å². The number of aliphatic hydroxyl groups is 1. The Morgan fingerprint density at radius 3 is 2.56 bits per heavy atom. The fourth-order valence-corrected chi connectivity index (χ4v) is 2.83. The molecule has 0 aliphatic carbocycles. The van der Waals surface area contributed by atoms with Gasteiger partial charge in [0.2, 0.25) is 10.0 Å². The molecule has 0 heterocycles. The van der Waals surface area contributed by atoms with E-state index in [1.807, 2.05) is 0 Å². The zero-order valence-corrected chi connectivity index (χ0v) is 10.9. The molecule has 0 aliphatic heterocycles. The third-order valence-corrected chi connectivity index (χ3v) is 3.94. The van der Waals surface area contributed by atoms with Gasteiger partial charge in [-0.3, -0.25) is 0 Å². The quantitative estimate of drug-likeness (QED) is 0.718. The SMILES string of the molecule is Cc1c(C(=O)O)cccc1S(=O)(=O)NC[C@@H](C)O. The number of carboxylic acids is 1. The highest BCUT2D eigenvalue weighted by molar-refractivity contribution is 7.89. The maximum Gasteiger partial charge on any atom is 0.335 e. The Labute approximate surface area is 105 Å². The van der Waals surface area contributed by atoms with Crippen molar-refractivity contribution in [2.45, 2.75) is 24.8 Å². The monoisotopic (exact) mass is 273 g/mol. The summed E-state index contributed by atoms with van der Waals surface area (Å²) in [6.45, 7) is 2.75. The molecule has 7 heteroatoms. The van der Waals surface area contributed by atoms with E-state index in [2.05, 4.69) is 4.72 Å². The topological polar surface area (TPSA) is 104 Å². The number of nitrogens with one attached hydrogen (secondary N) is 1. The van der Waals surface area contributed by atoms with Crippen LogP contribution in [-0.2, 0) is 10.0 Å². The van der Waals surface area contributed by atoms with Crippen molar-refractivity contribution in [1.82, 2.24) is 4.72 Å². The van der Waals surface area contributed by atoms with Crippen molar-refractivity contribution in [1.29, 1.82) is 0 Å². The summed E-state index contributed by atoms with van der Waals surface area (Å²) in [7, 11) is -3.82. The number of benzene rings is 1. The molecule has 0 spiro atoms. The fourth-order valence-electron chi connectivity index (χ4n) is 1.45. The molecule has 0 aromatic heterocycles. The van der Waals surface area contributed by atoms with Crippen LogP contribution in [0.3, 0.4) is 0 Å². The van der Waals surface area contributed by atoms with Gasteiger partial charge in [0.15, 0.2) is 0 Å². The lowest BCUT2D eigenvalue weighted by Crippen LogP contribution is -2.31. The van der Waals surface area contributed by atoms with Crippen LogP contribution < -0.4 is 4.72 Å². The summed E-state index contributed by atoms with van der Waals surface area (Å²) in [4.78, 5) is 10.8. The molecule has 0 bridgehead atoms. The van der Waals surface area contributed by atoms with E-state index in [-0.39, 0.29) is 22.6 Å². The van der Waals surface area contributed by atoms with E-state index in [1.54, 1.807) is 0 Å². The van der Waals surface area contributed by atoms with E-state index in [1.165, 1.54) is 32.0 Å². The van der Waals surface area contributed by atoms with Crippen LogP contribution in [0.25, 0.3) is 0 Å². The molecule has 0 aliphatic rings. The molecule has 0 fully saturated rings. The summed E-state index contributed by atoms with van der Waals surface area (Å²) in [5.41, 5.74) is 0.109. The Hall–Kier alpha value is -1.44. The molecule has 6 nitrogen and oxygen atoms in total. The normalized spacial score (nSPS) is 13.3. The Bertz CT molecular complexity index is 551. The first-order valence-corrected chi connectivity index (χ1v) is 6.74. The fraction of sp³-hybridized carbons (Fsp3) is 0.364. The largest absolute Gasteiger partial charge is 0.478 e. The van der Waals surface area contributed by atoms with E-state index in [0.29, 0.717) is 0 Å². The molecule has 18 heavy (non-hydrogen) atoms. The standard InChI is InChI=1S/C11H15NO5S/c1-7(13)6-12-18(16,17)10-5-3-4-9(8(10)2)11(14)15/h3-5,7,12-13H,6H2,1-2H3,(H,14,15)/t7-/m1/s1. The van der Waals surface area contributed by atoms with Crippen LogP contribution in [0.4, 0.5) is 0 Å². The van der Waals surface area contributed by atoms with Crippen LogP contribution in [0.2, 0.25) is 0 Å². The van der Waals surface area contributed by atoms with Gasteiger partial charge in [-0.1, -0.05) is 6.07 Å². The molecule has 0 amide bonds. The Morgan fingerprint density at radius 2 is 2.06 bits per heavy atom. The van der Waals surface area contributed by atoms with Crippen LogP contribution in [0.15, 0.2) is 23.1 Å². The summed E-state index contributed by atoms with van der Waals surface area (Å²) in [5, 5.41) is 18.0. The van der Waals surface area contributed by atoms with E-state index in [9.17, 15) is 13.2 Å². The summed E-state index contributed by atoms with van der Waals surface area (Å²) >= 11 is 0. The van der Waals surface area contributed by atoms with Crippen molar-refractivity contribution in [3.63, 3.8) is 0 Å². The van der Waals surface area contributed by atoms with Gasteiger partial charge < -0.3 is 10.2 Å². The summed E-state index contributed by atoms with van der Waals surface area (Å²) < 4.78 is 26.0. The smallest absolute Gasteiger partial charge is 0.335 e. The van der Waals surface area contributed by atoms with Crippen LogP contribution in [0.5, 0.6) is 0 Å². The minimum absolute atomic E-state index is 0.0603.